The zero-order chi connectivity index (χ0) is 9.97. The summed E-state index contributed by atoms with van der Waals surface area (Å²) >= 11 is 0. The van der Waals surface area contributed by atoms with Crippen LogP contribution in [0.4, 0.5) is 0 Å². The van der Waals surface area contributed by atoms with Crippen LogP contribution in [-0.2, 0) is 0 Å². The lowest BCUT2D eigenvalue weighted by Gasteiger charge is -2.38. The highest BCUT2D eigenvalue weighted by Crippen LogP contribution is 2.30. The van der Waals surface area contributed by atoms with Gasteiger partial charge < -0.3 is 10.6 Å². The van der Waals surface area contributed by atoms with E-state index in [4.69, 9.17) is 5.73 Å². The van der Waals surface area contributed by atoms with Crippen LogP contribution in [0.2, 0.25) is 0 Å². The highest BCUT2D eigenvalue weighted by Gasteiger charge is 2.24. The van der Waals surface area contributed by atoms with Gasteiger partial charge in [-0.3, -0.25) is 0 Å². The Morgan fingerprint density at radius 2 is 2.07 bits per heavy atom. The van der Waals surface area contributed by atoms with Crippen molar-refractivity contribution < 1.29 is 0 Å². The quantitative estimate of drug-likeness (QED) is 0.748. The molecule has 1 heterocycles. The summed E-state index contributed by atoms with van der Waals surface area (Å²) in [5.41, 5.74) is 5.95. The monoisotopic (exact) mass is 196 g/mol. The molecular weight excluding hydrogens is 172 g/mol. The number of piperidine rings is 1. The Hall–Kier alpha value is -0.0800. The number of likely N-dealkylation sites (tertiary alicyclic amines) is 1. The Morgan fingerprint density at radius 3 is 2.64 bits per heavy atom. The Morgan fingerprint density at radius 1 is 1.29 bits per heavy atom. The fourth-order valence-electron chi connectivity index (χ4n) is 2.72. The van der Waals surface area contributed by atoms with Gasteiger partial charge in [0.25, 0.3) is 0 Å². The van der Waals surface area contributed by atoms with Gasteiger partial charge in [0.2, 0.25) is 0 Å². The maximum atomic E-state index is 5.95. The lowest BCUT2D eigenvalue weighted by atomic mass is 9.82. The Balaban J connectivity index is 1.68. The molecule has 2 unspecified atom stereocenters. The van der Waals surface area contributed by atoms with E-state index in [0.29, 0.717) is 6.04 Å². The van der Waals surface area contributed by atoms with Crippen LogP contribution in [0.5, 0.6) is 0 Å². The maximum absolute atomic E-state index is 5.95. The smallest absolute Gasteiger partial charge is 0.00816 e. The van der Waals surface area contributed by atoms with E-state index in [1.54, 1.807) is 0 Å². The molecule has 0 aromatic heterocycles. The van der Waals surface area contributed by atoms with Crippen molar-refractivity contribution in [2.75, 3.05) is 13.1 Å². The Kier molecular flexibility index (Phi) is 3.45. The molecule has 0 radical (unpaired) electrons. The van der Waals surface area contributed by atoms with Crippen LogP contribution in [0, 0.1) is 5.92 Å². The van der Waals surface area contributed by atoms with Crippen LogP contribution in [-0.4, -0.2) is 30.1 Å². The molecule has 2 atom stereocenters. The fraction of sp³-hybridized carbons (Fsp3) is 1.00. The number of hydrogen-bond donors (Lipinski definition) is 1. The average Bonchev–Trinajstić information content (AvgIpc) is 2.05. The Labute approximate surface area is 87.8 Å². The molecule has 2 aliphatic rings. The highest BCUT2D eigenvalue weighted by atomic mass is 15.2. The summed E-state index contributed by atoms with van der Waals surface area (Å²) in [5, 5.41) is 0. The lowest BCUT2D eigenvalue weighted by molar-refractivity contribution is 0.128. The number of nitrogens with zero attached hydrogens (tertiary/aromatic N) is 1. The number of nitrogens with two attached hydrogens (primary N) is 1. The maximum Gasteiger partial charge on any atom is 0.00816 e. The number of hydrogen-bond acceptors (Lipinski definition) is 2. The van der Waals surface area contributed by atoms with Gasteiger partial charge in [0.05, 0.1) is 0 Å². The second-order valence-electron chi connectivity index (χ2n) is 5.26. The summed E-state index contributed by atoms with van der Waals surface area (Å²) in [6.45, 7) is 4.88. The van der Waals surface area contributed by atoms with Gasteiger partial charge in [-0.2, -0.15) is 0 Å². The fourth-order valence-corrected chi connectivity index (χ4v) is 2.72. The molecule has 0 aromatic carbocycles. The lowest BCUT2D eigenvalue weighted by Crippen LogP contribution is -2.46. The SMILES string of the molecule is CC1CC(N)CCN1CCC1CCC1. The Bertz CT molecular complexity index is 177. The van der Waals surface area contributed by atoms with Crippen LogP contribution in [0.1, 0.15) is 45.4 Å². The van der Waals surface area contributed by atoms with Gasteiger partial charge in [-0.25, -0.2) is 0 Å². The van der Waals surface area contributed by atoms with E-state index in [2.05, 4.69) is 11.8 Å². The highest BCUT2D eigenvalue weighted by molar-refractivity contribution is 4.81. The van der Waals surface area contributed by atoms with E-state index in [1.165, 1.54) is 51.6 Å². The van der Waals surface area contributed by atoms with Crippen molar-refractivity contribution >= 4 is 0 Å². The zero-order valence-corrected chi connectivity index (χ0v) is 9.41. The normalized spacial score (nSPS) is 35.6. The van der Waals surface area contributed by atoms with Crippen molar-refractivity contribution in [2.24, 2.45) is 11.7 Å². The van der Waals surface area contributed by atoms with Crippen LogP contribution in [0.25, 0.3) is 0 Å². The molecule has 0 bridgehead atoms. The molecule has 82 valence electrons. The van der Waals surface area contributed by atoms with Crippen LogP contribution in [0.15, 0.2) is 0 Å². The standard InChI is InChI=1S/C12H24N2/c1-10-9-12(13)6-8-14(10)7-5-11-3-2-4-11/h10-12H,2-9,13H2,1H3. The predicted octanol–water partition coefficient (Wildman–Crippen LogP) is 1.99. The first kappa shape index (κ1) is 10.4. The molecule has 2 N–H and O–H groups in total. The third-order valence-corrected chi connectivity index (χ3v) is 4.10. The van der Waals surface area contributed by atoms with Crippen molar-refractivity contribution in [1.82, 2.24) is 4.90 Å². The van der Waals surface area contributed by atoms with E-state index in [-0.39, 0.29) is 0 Å². The van der Waals surface area contributed by atoms with E-state index >= 15 is 0 Å². The summed E-state index contributed by atoms with van der Waals surface area (Å²) in [6.07, 6.45) is 8.29. The molecule has 1 saturated carbocycles. The van der Waals surface area contributed by atoms with Crippen molar-refractivity contribution in [3.05, 3.63) is 0 Å². The van der Waals surface area contributed by atoms with Crippen LogP contribution >= 0.6 is 0 Å². The van der Waals surface area contributed by atoms with Gasteiger partial charge >= 0.3 is 0 Å². The van der Waals surface area contributed by atoms with Gasteiger partial charge in [0, 0.05) is 12.1 Å². The van der Waals surface area contributed by atoms with E-state index in [1.807, 2.05) is 0 Å². The molecule has 1 saturated heterocycles. The summed E-state index contributed by atoms with van der Waals surface area (Å²) in [7, 11) is 0. The van der Waals surface area contributed by atoms with Gasteiger partial charge in [-0.1, -0.05) is 19.3 Å². The first-order valence-corrected chi connectivity index (χ1v) is 6.25. The second-order valence-corrected chi connectivity index (χ2v) is 5.26. The molecule has 1 aliphatic carbocycles. The van der Waals surface area contributed by atoms with E-state index in [9.17, 15) is 0 Å². The molecule has 2 heteroatoms. The third kappa shape index (κ3) is 2.48. The molecule has 0 spiro atoms. The zero-order valence-electron chi connectivity index (χ0n) is 9.41. The predicted molar refractivity (Wildman–Crippen MR) is 60.2 cm³/mol. The summed E-state index contributed by atoms with van der Waals surface area (Å²) in [6, 6.07) is 1.18. The summed E-state index contributed by atoms with van der Waals surface area (Å²) < 4.78 is 0. The molecular formula is C12H24N2. The van der Waals surface area contributed by atoms with Crippen molar-refractivity contribution in [3.63, 3.8) is 0 Å². The van der Waals surface area contributed by atoms with Gasteiger partial charge in [-0.15, -0.1) is 0 Å². The molecule has 0 aromatic rings. The van der Waals surface area contributed by atoms with Gasteiger partial charge in [0.15, 0.2) is 0 Å². The molecule has 2 rings (SSSR count). The van der Waals surface area contributed by atoms with Crippen LogP contribution < -0.4 is 5.73 Å². The van der Waals surface area contributed by atoms with E-state index < -0.39 is 0 Å². The third-order valence-electron chi connectivity index (χ3n) is 4.10. The average molecular weight is 196 g/mol. The summed E-state index contributed by atoms with van der Waals surface area (Å²) in [5.74, 6) is 1.05. The topological polar surface area (TPSA) is 29.3 Å². The molecule has 0 amide bonds. The van der Waals surface area contributed by atoms with Crippen molar-refractivity contribution in [2.45, 2.75) is 57.5 Å². The largest absolute Gasteiger partial charge is 0.328 e. The summed E-state index contributed by atoms with van der Waals surface area (Å²) in [4.78, 5) is 2.64. The van der Waals surface area contributed by atoms with Gasteiger partial charge in [0.1, 0.15) is 0 Å². The van der Waals surface area contributed by atoms with Crippen molar-refractivity contribution in [1.29, 1.82) is 0 Å². The first-order chi connectivity index (χ1) is 6.75. The molecule has 14 heavy (non-hydrogen) atoms. The first-order valence-electron chi connectivity index (χ1n) is 6.25. The van der Waals surface area contributed by atoms with Crippen LogP contribution in [0.3, 0.4) is 0 Å². The minimum absolute atomic E-state index is 0.463. The van der Waals surface area contributed by atoms with E-state index in [0.717, 1.165) is 12.0 Å². The van der Waals surface area contributed by atoms with Gasteiger partial charge in [-0.05, 0) is 45.2 Å². The number of rotatable bonds is 3. The van der Waals surface area contributed by atoms with Crippen molar-refractivity contribution in [3.8, 4) is 0 Å². The minimum Gasteiger partial charge on any atom is -0.328 e. The minimum atomic E-state index is 0.463. The molecule has 2 nitrogen and oxygen atoms in total. The molecule has 2 fully saturated rings. The molecule has 1 aliphatic heterocycles. The second kappa shape index (κ2) is 4.63.